The molecule has 0 saturated heterocycles. The first kappa shape index (κ1) is 16.5. The molecule has 0 aromatic heterocycles. The van der Waals surface area contributed by atoms with Crippen LogP contribution in [0.15, 0.2) is 0 Å². The zero-order chi connectivity index (χ0) is 2.00. The van der Waals surface area contributed by atoms with Gasteiger partial charge < -0.3 is 11.8 Å². The average molecular weight is 89.1 g/mol. The van der Waals surface area contributed by atoms with Gasteiger partial charge in [-0.25, -0.2) is 0 Å². The Hall–Kier alpha value is 2.13. The fourth-order valence-corrected chi connectivity index (χ4v) is 0. The molecule has 0 unspecified atom stereocenters. The molecule has 4 heavy (non-hydrogen) atoms. The first-order chi connectivity index (χ1) is 1.00. The number of nitrogens with zero attached hydrogens (tertiary/aromatic N) is 1. The third-order valence-corrected chi connectivity index (χ3v) is 0. The van der Waals surface area contributed by atoms with Crippen LogP contribution in [0.2, 0.25) is 0 Å². The van der Waals surface area contributed by atoms with Crippen LogP contribution in [0.1, 0.15) is 0 Å². The second-order valence-electron chi connectivity index (χ2n) is 0. The second-order valence-corrected chi connectivity index (χ2v) is 0. The Morgan fingerprint density at radius 1 is 1.25 bits per heavy atom. The fourth-order valence-electron chi connectivity index (χ4n) is 0. The predicted molar refractivity (Wildman–Crippen MR) is 12.1 cm³/mol. The molecule has 0 radical (unpaired) electrons. The molecule has 0 atom stereocenters. The molecule has 0 aromatic carbocycles. The van der Waals surface area contributed by atoms with Crippen LogP contribution >= 0.6 is 0 Å². The molecule has 0 rings (SSSR count). The Morgan fingerprint density at radius 3 is 1.25 bits per heavy atom. The van der Waals surface area contributed by atoms with Crippen LogP contribution in [0.25, 0.3) is 0 Å². The van der Waals surface area contributed by atoms with Crippen molar-refractivity contribution in [2.45, 2.75) is 0 Å². The van der Waals surface area contributed by atoms with E-state index in [1.165, 1.54) is 0 Å². The molecule has 0 aliphatic heterocycles. The van der Waals surface area contributed by atoms with E-state index in [0.717, 1.165) is 0 Å². The minimum atomic E-state index is 0. The van der Waals surface area contributed by atoms with Gasteiger partial charge in [-0.15, -0.1) is 0 Å². The maximum atomic E-state index is 6.25. The van der Waals surface area contributed by atoms with Crippen LogP contribution in [0.4, 0.5) is 0 Å². The van der Waals surface area contributed by atoms with Gasteiger partial charge in [0.1, 0.15) is 0 Å². The molecule has 0 aliphatic rings. The number of hydrogen-bond acceptors (Lipinski definition) is 1. The van der Waals surface area contributed by atoms with Crippen molar-refractivity contribution in [2.24, 2.45) is 0 Å². The van der Waals surface area contributed by atoms with Crippen LogP contribution in [-0.2, 0) is 0 Å². The van der Waals surface area contributed by atoms with Gasteiger partial charge in [0.2, 0.25) is 0 Å². The standard InChI is InChI=1S/CN.K.Na.H/c1-2;;;/q-1;+1;;. The van der Waals surface area contributed by atoms with E-state index in [1.807, 2.05) is 0 Å². The SMILES string of the molecule is [C-]#N.[K+].[NaH]. The van der Waals surface area contributed by atoms with Crippen LogP contribution in [0.3, 0.4) is 0 Å². The van der Waals surface area contributed by atoms with Gasteiger partial charge in [0, 0.05) is 0 Å². The molecule has 12 valence electrons. The van der Waals surface area contributed by atoms with Crippen molar-refractivity contribution in [1.29, 1.82) is 5.26 Å². The number of hydrogen-bond donors (Lipinski definition) is 0. The molecule has 0 saturated carbocycles. The first-order valence-corrected chi connectivity index (χ1v) is 0.224. The Labute approximate surface area is 90.5 Å². The van der Waals surface area contributed by atoms with E-state index in [9.17, 15) is 0 Å². The van der Waals surface area contributed by atoms with Crippen molar-refractivity contribution in [2.75, 3.05) is 0 Å². The van der Waals surface area contributed by atoms with E-state index >= 15 is 0 Å². The Balaban J connectivity index is -0.00000000500. The van der Waals surface area contributed by atoms with Gasteiger partial charge in [-0.3, -0.25) is 0 Å². The van der Waals surface area contributed by atoms with Crippen molar-refractivity contribution in [3.8, 4) is 0 Å². The van der Waals surface area contributed by atoms with Gasteiger partial charge in [0.25, 0.3) is 0 Å². The molecule has 0 heterocycles. The predicted octanol–water partition coefficient (Wildman–Crippen LogP) is -3.55. The summed E-state index contributed by atoms with van der Waals surface area (Å²) in [5.41, 5.74) is 0. The van der Waals surface area contributed by atoms with Crippen LogP contribution in [0.5, 0.6) is 0 Å². The summed E-state index contributed by atoms with van der Waals surface area (Å²) < 4.78 is 0. The molecular weight excluding hydrogens is 88.1 g/mol. The van der Waals surface area contributed by atoms with E-state index < -0.39 is 0 Å². The fraction of sp³-hybridized carbons (Fsp3) is 0. The van der Waals surface area contributed by atoms with Gasteiger partial charge in [-0.05, 0) is 0 Å². The van der Waals surface area contributed by atoms with Crippen molar-refractivity contribution < 1.29 is 51.4 Å². The molecule has 0 aromatic rings. The van der Waals surface area contributed by atoms with E-state index in [4.69, 9.17) is 11.8 Å². The van der Waals surface area contributed by atoms with E-state index in [0.29, 0.717) is 0 Å². The van der Waals surface area contributed by atoms with Gasteiger partial charge in [-0.1, -0.05) is 0 Å². The molecule has 0 amide bonds. The molecule has 0 fully saturated rings. The maximum absolute atomic E-state index is 6.25. The summed E-state index contributed by atoms with van der Waals surface area (Å²) in [6.07, 6.45) is 0. The van der Waals surface area contributed by atoms with Crippen LogP contribution in [0, 0.1) is 11.8 Å². The van der Waals surface area contributed by atoms with E-state index in [1.54, 1.807) is 0 Å². The van der Waals surface area contributed by atoms with Crippen molar-refractivity contribution in [3.05, 3.63) is 6.57 Å². The molecular formula is CHKNNa. The third kappa shape index (κ3) is 8.92. The number of rotatable bonds is 0. The summed E-state index contributed by atoms with van der Waals surface area (Å²) >= 11 is 0. The summed E-state index contributed by atoms with van der Waals surface area (Å²) in [6.45, 7) is 4.75. The molecule has 3 heteroatoms. The normalized spacial score (nSPS) is 0.500. The van der Waals surface area contributed by atoms with Crippen LogP contribution < -0.4 is 51.4 Å². The molecule has 0 N–H and O–H groups in total. The van der Waals surface area contributed by atoms with Gasteiger partial charge in [-0.2, -0.15) is 0 Å². The zero-order valence-electron chi connectivity index (χ0n) is 1.95. The Bertz CT molecular complexity index is 12.8. The summed E-state index contributed by atoms with van der Waals surface area (Å²) in [5, 5.41) is 6.25. The van der Waals surface area contributed by atoms with Crippen molar-refractivity contribution in [3.63, 3.8) is 0 Å². The van der Waals surface area contributed by atoms with E-state index in [2.05, 4.69) is 0 Å². The van der Waals surface area contributed by atoms with E-state index in [-0.39, 0.29) is 80.9 Å². The average Bonchev–Trinajstić information content (AvgIpc) is 1.00. The summed E-state index contributed by atoms with van der Waals surface area (Å²) in [6, 6.07) is 0. The first-order valence-electron chi connectivity index (χ1n) is 0.224. The second kappa shape index (κ2) is 19.3. The summed E-state index contributed by atoms with van der Waals surface area (Å²) in [7, 11) is 0. The van der Waals surface area contributed by atoms with Gasteiger partial charge >= 0.3 is 80.9 Å². The van der Waals surface area contributed by atoms with Gasteiger partial charge in [0.15, 0.2) is 0 Å². The monoisotopic (exact) mass is 89.0 g/mol. The zero-order valence-corrected chi connectivity index (χ0v) is 5.07. The van der Waals surface area contributed by atoms with Crippen molar-refractivity contribution in [1.82, 2.24) is 0 Å². The van der Waals surface area contributed by atoms with Gasteiger partial charge in [0.05, 0.1) is 0 Å². The summed E-state index contributed by atoms with van der Waals surface area (Å²) in [5.74, 6) is 0. The molecule has 1 nitrogen and oxygen atoms in total. The molecule has 0 spiro atoms. The molecule has 0 bridgehead atoms. The topological polar surface area (TPSA) is 23.8 Å². The van der Waals surface area contributed by atoms with Crippen LogP contribution in [-0.4, -0.2) is 29.6 Å². The minimum absolute atomic E-state index is 0. The van der Waals surface area contributed by atoms with Crippen molar-refractivity contribution >= 4 is 29.6 Å². The quantitative estimate of drug-likeness (QED) is 0.223. The third-order valence-electron chi connectivity index (χ3n) is 0. The Morgan fingerprint density at radius 2 is 1.25 bits per heavy atom. The summed E-state index contributed by atoms with van der Waals surface area (Å²) in [4.78, 5) is 0. The molecule has 0 aliphatic carbocycles. The Kier molecular flexibility index (Phi) is 79.5.